The van der Waals surface area contributed by atoms with Crippen LogP contribution in [0.4, 0.5) is 4.79 Å². The number of carbonyl (C=O) groups is 1. The molecule has 2 rings (SSSR count). The van der Waals surface area contributed by atoms with E-state index in [9.17, 15) is 4.79 Å². The lowest BCUT2D eigenvalue weighted by atomic mass is 10.1. The Morgan fingerprint density at radius 1 is 0.952 bits per heavy atom. The second-order valence-electron chi connectivity index (χ2n) is 4.62. The number of hydrogen-bond donors (Lipinski definition) is 1. The molecule has 0 aliphatic rings. The Kier molecular flexibility index (Phi) is 8.38. The van der Waals surface area contributed by atoms with Crippen LogP contribution in [0.3, 0.4) is 0 Å². The molecule has 0 amide bonds. The highest BCUT2D eigenvalue weighted by atomic mass is 16.7. The summed E-state index contributed by atoms with van der Waals surface area (Å²) in [7, 11) is 0. The van der Waals surface area contributed by atoms with Crippen molar-refractivity contribution in [3.8, 4) is 5.75 Å². The molecule has 1 N–H and O–H groups in total. The van der Waals surface area contributed by atoms with E-state index in [4.69, 9.17) is 5.11 Å². The van der Waals surface area contributed by atoms with E-state index in [0.29, 0.717) is 5.75 Å². The Labute approximate surface area is 126 Å². The topological polar surface area (TPSA) is 46.5 Å². The Morgan fingerprint density at radius 3 is 2.05 bits per heavy atom. The van der Waals surface area contributed by atoms with Gasteiger partial charge in [-0.15, -0.1) is 0 Å². The van der Waals surface area contributed by atoms with Gasteiger partial charge in [-0.2, -0.15) is 0 Å². The fourth-order valence-corrected chi connectivity index (χ4v) is 1.81. The minimum absolute atomic E-state index is 0.343. The van der Waals surface area contributed by atoms with Gasteiger partial charge in [-0.25, -0.2) is 4.79 Å². The molecule has 0 spiro atoms. The maximum atomic E-state index is 9.95. The van der Waals surface area contributed by atoms with Crippen molar-refractivity contribution in [3.05, 3.63) is 66.2 Å². The summed E-state index contributed by atoms with van der Waals surface area (Å²) in [6.45, 7) is 2.24. The van der Waals surface area contributed by atoms with Crippen molar-refractivity contribution >= 4 is 6.16 Å². The first-order chi connectivity index (χ1) is 10.2. The van der Waals surface area contributed by atoms with E-state index in [2.05, 4.69) is 42.0 Å². The summed E-state index contributed by atoms with van der Waals surface area (Å²) >= 11 is 0. The lowest BCUT2D eigenvalue weighted by Crippen LogP contribution is -2.02. The Balaban J connectivity index is 0.000000211. The van der Waals surface area contributed by atoms with Crippen LogP contribution in [0, 0.1) is 0 Å². The highest BCUT2D eigenvalue weighted by molar-refractivity contribution is 5.60. The standard InChI is InChI=1S/C11H16.C7H6O3/c1-2-3-5-8-11-9-6-4-7-10-11;8-7(9)10-6-4-2-1-3-5-6/h4,6-7,9-10H,2-3,5,8H2,1H3;1-5H,(H,8,9). The summed E-state index contributed by atoms with van der Waals surface area (Å²) < 4.78 is 4.33. The molecule has 0 bridgehead atoms. The molecule has 0 aliphatic carbocycles. The van der Waals surface area contributed by atoms with Crippen LogP contribution in [0.5, 0.6) is 5.75 Å². The number of aryl methyl sites for hydroxylation is 1. The van der Waals surface area contributed by atoms with Crippen molar-refractivity contribution in [2.45, 2.75) is 32.6 Å². The first-order valence-corrected chi connectivity index (χ1v) is 7.22. The third-order valence-corrected chi connectivity index (χ3v) is 2.86. The van der Waals surface area contributed by atoms with Gasteiger partial charge in [-0.1, -0.05) is 68.3 Å². The maximum absolute atomic E-state index is 9.95. The number of unbranched alkanes of at least 4 members (excludes halogenated alkanes) is 2. The van der Waals surface area contributed by atoms with Gasteiger partial charge >= 0.3 is 6.16 Å². The van der Waals surface area contributed by atoms with E-state index in [1.165, 1.54) is 31.2 Å². The van der Waals surface area contributed by atoms with E-state index in [0.717, 1.165) is 0 Å². The largest absolute Gasteiger partial charge is 0.511 e. The second kappa shape index (κ2) is 10.5. The third-order valence-electron chi connectivity index (χ3n) is 2.86. The summed E-state index contributed by atoms with van der Waals surface area (Å²) in [5.74, 6) is 0.343. The molecular weight excluding hydrogens is 264 g/mol. The Hall–Kier alpha value is -2.29. The van der Waals surface area contributed by atoms with Crippen LogP contribution in [0.15, 0.2) is 60.7 Å². The van der Waals surface area contributed by atoms with Gasteiger partial charge in [0.25, 0.3) is 0 Å². The molecule has 0 saturated carbocycles. The molecule has 3 nitrogen and oxygen atoms in total. The molecule has 3 heteroatoms. The van der Waals surface area contributed by atoms with E-state index in [1.807, 2.05) is 0 Å². The van der Waals surface area contributed by atoms with Crippen molar-refractivity contribution in [1.29, 1.82) is 0 Å². The molecule has 0 fully saturated rings. The highest BCUT2D eigenvalue weighted by Crippen LogP contribution is 2.07. The van der Waals surface area contributed by atoms with Gasteiger partial charge in [0.15, 0.2) is 0 Å². The van der Waals surface area contributed by atoms with Crippen LogP contribution < -0.4 is 4.74 Å². The summed E-state index contributed by atoms with van der Waals surface area (Å²) in [5, 5.41) is 8.14. The van der Waals surface area contributed by atoms with Crippen LogP contribution in [-0.2, 0) is 6.42 Å². The minimum Gasteiger partial charge on any atom is -0.449 e. The average Bonchev–Trinajstić information content (AvgIpc) is 2.50. The van der Waals surface area contributed by atoms with Gasteiger partial charge in [0.05, 0.1) is 0 Å². The molecule has 0 aliphatic heterocycles. The first kappa shape index (κ1) is 16.8. The van der Waals surface area contributed by atoms with Crippen molar-refractivity contribution in [2.75, 3.05) is 0 Å². The van der Waals surface area contributed by atoms with Crippen LogP contribution in [0.25, 0.3) is 0 Å². The van der Waals surface area contributed by atoms with Crippen LogP contribution in [0.1, 0.15) is 31.7 Å². The van der Waals surface area contributed by atoms with Crippen molar-refractivity contribution in [2.24, 2.45) is 0 Å². The SMILES string of the molecule is CCCCCc1ccccc1.O=C(O)Oc1ccccc1. The molecule has 0 heterocycles. The molecule has 0 unspecified atom stereocenters. The van der Waals surface area contributed by atoms with Gasteiger partial charge < -0.3 is 9.84 Å². The van der Waals surface area contributed by atoms with Crippen molar-refractivity contribution < 1.29 is 14.6 Å². The fourth-order valence-electron chi connectivity index (χ4n) is 1.81. The minimum atomic E-state index is -1.29. The summed E-state index contributed by atoms with van der Waals surface area (Å²) in [5.41, 5.74) is 1.47. The molecule has 21 heavy (non-hydrogen) atoms. The molecular formula is C18H22O3. The number of para-hydroxylation sites is 1. The van der Waals surface area contributed by atoms with E-state index < -0.39 is 6.16 Å². The molecule has 2 aromatic carbocycles. The normalized spacial score (nSPS) is 9.38. The third kappa shape index (κ3) is 8.47. The highest BCUT2D eigenvalue weighted by Gasteiger charge is 1.96. The van der Waals surface area contributed by atoms with Crippen molar-refractivity contribution in [1.82, 2.24) is 0 Å². The lowest BCUT2D eigenvalue weighted by molar-refractivity contribution is 0.144. The Morgan fingerprint density at radius 2 is 1.52 bits per heavy atom. The van der Waals surface area contributed by atoms with Crippen LogP contribution >= 0.6 is 0 Å². The molecule has 2 aromatic rings. The molecule has 112 valence electrons. The van der Waals surface area contributed by atoms with Crippen LogP contribution in [0.2, 0.25) is 0 Å². The fraction of sp³-hybridized carbons (Fsp3) is 0.278. The summed E-state index contributed by atoms with van der Waals surface area (Å²) in [4.78, 5) is 9.95. The van der Waals surface area contributed by atoms with Gasteiger partial charge in [0.2, 0.25) is 0 Å². The predicted molar refractivity (Wildman–Crippen MR) is 84.8 cm³/mol. The van der Waals surface area contributed by atoms with Gasteiger partial charge in [-0.05, 0) is 30.5 Å². The lowest BCUT2D eigenvalue weighted by Gasteiger charge is -1.98. The number of benzene rings is 2. The van der Waals surface area contributed by atoms with Gasteiger partial charge in [0, 0.05) is 0 Å². The molecule has 0 aromatic heterocycles. The quantitative estimate of drug-likeness (QED) is 0.469. The predicted octanol–water partition coefficient (Wildman–Crippen LogP) is 5.16. The zero-order chi connectivity index (χ0) is 15.3. The molecule has 0 radical (unpaired) electrons. The van der Waals surface area contributed by atoms with Crippen LogP contribution in [-0.4, -0.2) is 11.3 Å². The van der Waals surface area contributed by atoms with E-state index in [-0.39, 0.29) is 0 Å². The van der Waals surface area contributed by atoms with Gasteiger partial charge in [-0.3, -0.25) is 0 Å². The number of hydrogen-bond acceptors (Lipinski definition) is 2. The number of carboxylic acid groups (broad SMARTS) is 1. The number of rotatable bonds is 5. The second-order valence-corrected chi connectivity index (χ2v) is 4.62. The average molecular weight is 286 g/mol. The zero-order valence-corrected chi connectivity index (χ0v) is 12.4. The summed E-state index contributed by atoms with van der Waals surface area (Å²) in [6, 6.07) is 19.1. The molecule has 0 atom stereocenters. The van der Waals surface area contributed by atoms with E-state index in [1.54, 1.807) is 30.3 Å². The van der Waals surface area contributed by atoms with E-state index >= 15 is 0 Å². The monoisotopic (exact) mass is 286 g/mol. The first-order valence-electron chi connectivity index (χ1n) is 7.22. The molecule has 0 saturated heterocycles. The number of ether oxygens (including phenoxy) is 1. The van der Waals surface area contributed by atoms with Gasteiger partial charge in [0.1, 0.15) is 5.75 Å². The smallest absolute Gasteiger partial charge is 0.449 e. The Bertz CT molecular complexity index is 494. The maximum Gasteiger partial charge on any atom is 0.511 e. The van der Waals surface area contributed by atoms with Crippen molar-refractivity contribution in [3.63, 3.8) is 0 Å². The summed E-state index contributed by atoms with van der Waals surface area (Å²) in [6.07, 6.45) is 3.96. The zero-order valence-electron chi connectivity index (χ0n) is 12.4.